The summed E-state index contributed by atoms with van der Waals surface area (Å²) in [6.45, 7) is 4.90. The summed E-state index contributed by atoms with van der Waals surface area (Å²) in [6, 6.07) is 14.3. The van der Waals surface area contributed by atoms with Gasteiger partial charge in [-0.25, -0.2) is 0 Å². The van der Waals surface area contributed by atoms with Gasteiger partial charge in [-0.2, -0.15) is 0 Å². The van der Waals surface area contributed by atoms with Gasteiger partial charge in [-0.3, -0.25) is 4.99 Å². The molecule has 0 saturated heterocycles. The topological polar surface area (TPSA) is 41.6 Å². The summed E-state index contributed by atoms with van der Waals surface area (Å²) in [5.74, 6) is 0.544. The van der Waals surface area contributed by atoms with Crippen molar-refractivity contribution in [2.45, 2.75) is 19.9 Å². The van der Waals surface area contributed by atoms with Crippen molar-refractivity contribution in [1.29, 1.82) is 0 Å². The van der Waals surface area contributed by atoms with Crippen LogP contribution in [0.1, 0.15) is 22.7 Å². The van der Waals surface area contributed by atoms with Crippen LogP contribution in [0.15, 0.2) is 47.5 Å². The minimum absolute atomic E-state index is 0.129. The van der Waals surface area contributed by atoms with Gasteiger partial charge in [-0.1, -0.05) is 41.4 Å². The van der Waals surface area contributed by atoms with Crippen LogP contribution in [-0.2, 0) is 0 Å². The van der Waals surface area contributed by atoms with E-state index in [4.69, 9.17) is 17.3 Å². The first kappa shape index (κ1) is 14.0. The number of hydrogen-bond donors (Lipinski definition) is 1. The summed E-state index contributed by atoms with van der Waals surface area (Å²) in [6.07, 6.45) is 0. The molecule has 1 aliphatic heterocycles. The van der Waals surface area contributed by atoms with Crippen LogP contribution in [-0.4, -0.2) is 12.5 Å². The molecule has 2 aromatic carbocycles. The maximum Gasteiger partial charge on any atom is 0.196 e. The molecule has 3 rings (SSSR count). The molecule has 2 aromatic rings. The van der Waals surface area contributed by atoms with Gasteiger partial charge in [0.25, 0.3) is 0 Å². The Morgan fingerprint density at radius 2 is 2.00 bits per heavy atom. The fraction of sp³-hybridized carbons (Fsp3) is 0.235. The molecule has 0 amide bonds. The molecule has 108 valence electrons. The van der Waals surface area contributed by atoms with E-state index in [2.05, 4.69) is 41.9 Å². The number of aliphatic imine (C=N–C) groups is 1. The first-order chi connectivity index (χ1) is 10.1. The van der Waals surface area contributed by atoms with Crippen molar-refractivity contribution in [3.8, 4) is 0 Å². The Hall–Kier alpha value is -2.00. The van der Waals surface area contributed by atoms with Gasteiger partial charge >= 0.3 is 0 Å². The predicted molar refractivity (Wildman–Crippen MR) is 89.1 cm³/mol. The van der Waals surface area contributed by atoms with Crippen molar-refractivity contribution in [1.82, 2.24) is 0 Å². The zero-order valence-electron chi connectivity index (χ0n) is 12.2. The second kappa shape index (κ2) is 5.41. The molecule has 1 unspecified atom stereocenters. The third-order valence-electron chi connectivity index (χ3n) is 3.86. The maximum absolute atomic E-state index is 6.11. The summed E-state index contributed by atoms with van der Waals surface area (Å²) >= 11 is 6.11. The molecule has 0 fully saturated rings. The molecule has 1 aliphatic rings. The Bertz CT molecular complexity index is 709. The van der Waals surface area contributed by atoms with Gasteiger partial charge in [-0.15, -0.1) is 0 Å². The highest BCUT2D eigenvalue weighted by Gasteiger charge is 2.29. The molecule has 0 bridgehead atoms. The summed E-state index contributed by atoms with van der Waals surface area (Å²) in [7, 11) is 0. The maximum atomic E-state index is 6.11. The number of benzene rings is 2. The molecule has 0 spiro atoms. The third-order valence-corrected chi connectivity index (χ3v) is 4.09. The van der Waals surface area contributed by atoms with Crippen LogP contribution >= 0.6 is 11.6 Å². The fourth-order valence-corrected chi connectivity index (χ4v) is 3.06. The van der Waals surface area contributed by atoms with Gasteiger partial charge in [0.2, 0.25) is 0 Å². The van der Waals surface area contributed by atoms with E-state index >= 15 is 0 Å². The van der Waals surface area contributed by atoms with E-state index < -0.39 is 0 Å². The minimum Gasteiger partial charge on any atom is -0.369 e. The Labute approximate surface area is 130 Å². The lowest BCUT2D eigenvalue weighted by atomic mass is 9.98. The van der Waals surface area contributed by atoms with Crippen LogP contribution in [0, 0.1) is 13.8 Å². The van der Waals surface area contributed by atoms with Crippen LogP contribution in [0.4, 0.5) is 5.69 Å². The lowest BCUT2D eigenvalue weighted by Gasteiger charge is -2.28. The zero-order chi connectivity index (χ0) is 15.0. The standard InChI is InChI=1S/C17H18ClN3/c1-11-6-7-15(12(2)8-11)16-10-20-17(19)21(16)14-5-3-4-13(18)9-14/h3-9,16H,10H2,1-2H3,(H2,19,20). The van der Waals surface area contributed by atoms with Crippen LogP contribution < -0.4 is 10.6 Å². The van der Waals surface area contributed by atoms with Crippen LogP contribution in [0.3, 0.4) is 0 Å². The van der Waals surface area contributed by atoms with E-state index in [-0.39, 0.29) is 6.04 Å². The largest absolute Gasteiger partial charge is 0.369 e. The average molecular weight is 300 g/mol. The van der Waals surface area contributed by atoms with Crippen LogP contribution in [0.2, 0.25) is 5.02 Å². The predicted octanol–water partition coefficient (Wildman–Crippen LogP) is 3.83. The Kier molecular flexibility index (Phi) is 3.60. The minimum atomic E-state index is 0.129. The SMILES string of the molecule is Cc1ccc(C2CN=C(N)N2c2cccc(Cl)c2)c(C)c1. The highest BCUT2D eigenvalue weighted by Crippen LogP contribution is 2.33. The summed E-state index contributed by atoms with van der Waals surface area (Å²) in [5, 5.41) is 0.701. The molecule has 3 nitrogen and oxygen atoms in total. The van der Waals surface area contributed by atoms with Crippen molar-refractivity contribution >= 4 is 23.2 Å². The first-order valence-corrected chi connectivity index (χ1v) is 7.36. The molecule has 0 aliphatic carbocycles. The Morgan fingerprint density at radius 3 is 2.71 bits per heavy atom. The number of hydrogen-bond acceptors (Lipinski definition) is 3. The van der Waals surface area contributed by atoms with Crippen molar-refractivity contribution in [3.05, 3.63) is 64.2 Å². The first-order valence-electron chi connectivity index (χ1n) is 6.98. The summed E-state index contributed by atoms with van der Waals surface area (Å²) in [4.78, 5) is 6.48. The number of rotatable bonds is 2. The van der Waals surface area contributed by atoms with Crippen molar-refractivity contribution in [2.24, 2.45) is 10.7 Å². The van der Waals surface area contributed by atoms with Crippen molar-refractivity contribution in [2.75, 3.05) is 11.4 Å². The molecule has 0 radical (unpaired) electrons. The van der Waals surface area contributed by atoms with E-state index in [1.54, 1.807) is 0 Å². The number of halogens is 1. The number of nitrogens with two attached hydrogens (primary N) is 1. The van der Waals surface area contributed by atoms with Gasteiger partial charge in [0.1, 0.15) is 0 Å². The molecular formula is C17H18ClN3. The average Bonchev–Trinajstić information content (AvgIpc) is 2.80. The van der Waals surface area contributed by atoms with E-state index in [0.717, 1.165) is 5.69 Å². The van der Waals surface area contributed by atoms with E-state index in [1.807, 2.05) is 24.3 Å². The Balaban J connectivity index is 2.03. The highest BCUT2D eigenvalue weighted by atomic mass is 35.5. The highest BCUT2D eigenvalue weighted by molar-refractivity contribution is 6.30. The van der Waals surface area contributed by atoms with Gasteiger partial charge in [0.05, 0.1) is 12.6 Å². The lowest BCUT2D eigenvalue weighted by Crippen LogP contribution is -2.36. The van der Waals surface area contributed by atoms with Crippen LogP contribution in [0.25, 0.3) is 0 Å². The smallest absolute Gasteiger partial charge is 0.196 e. The number of anilines is 1. The second-order valence-corrected chi connectivity index (χ2v) is 5.86. The van der Waals surface area contributed by atoms with Gasteiger partial charge in [0.15, 0.2) is 5.96 Å². The summed E-state index contributed by atoms with van der Waals surface area (Å²) < 4.78 is 0. The monoisotopic (exact) mass is 299 g/mol. The Morgan fingerprint density at radius 1 is 1.19 bits per heavy atom. The molecule has 1 heterocycles. The molecule has 1 atom stereocenters. The third kappa shape index (κ3) is 2.61. The zero-order valence-corrected chi connectivity index (χ0v) is 12.9. The van der Waals surface area contributed by atoms with Gasteiger partial charge in [0, 0.05) is 10.7 Å². The van der Waals surface area contributed by atoms with E-state index in [1.165, 1.54) is 16.7 Å². The van der Waals surface area contributed by atoms with Crippen molar-refractivity contribution < 1.29 is 0 Å². The number of aryl methyl sites for hydroxylation is 2. The number of guanidine groups is 1. The van der Waals surface area contributed by atoms with Crippen molar-refractivity contribution in [3.63, 3.8) is 0 Å². The normalized spacial score (nSPS) is 18.0. The van der Waals surface area contributed by atoms with E-state index in [9.17, 15) is 0 Å². The second-order valence-electron chi connectivity index (χ2n) is 5.42. The van der Waals surface area contributed by atoms with Gasteiger partial charge in [-0.05, 0) is 43.2 Å². The lowest BCUT2D eigenvalue weighted by molar-refractivity contribution is 0.762. The molecule has 2 N–H and O–H groups in total. The molecule has 0 saturated carbocycles. The fourth-order valence-electron chi connectivity index (χ4n) is 2.87. The summed E-state index contributed by atoms with van der Waals surface area (Å²) in [5.41, 5.74) is 10.9. The molecule has 21 heavy (non-hydrogen) atoms. The quantitative estimate of drug-likeness (QED) is 0.915. The molecular weight excluding hydrogens is 282 g/mol. The van der Waals surface area contributed by atoms with E-state index in [0.29, 0.717) is 17.5 Å². The molecule has 4 heteroatoms. The van der Waals surface area contributed by atoms with Gasteiger partial charge < -0.3 is 10.6 Å². The number of nitrogens with zero attached hydrogens (tertiary/aromatic N) is 2. The van der Waals surface area contributed by atoms with Crippen LogP contribution in [0.5, 0.6) is 0 Å². The molecule has 0 aromatic heterocycles.